The van der Waals surface area contributed by atoms with Crippen molar-refractivity contribution < 1.29 is 4.57 Å². The molecule has 0 atom stereocenters. The van der Waals surface area contributed by atoms with Crippen molar-refractivity contribution in [2.75, 3.05) is 0 Å². The minimum absolute atomic E-state index is 0.873. The molecule has 0 aliphatic rings. The summed E-state index contributed by atoms with van der Waals surface area (Å²) in [7, 11) is -2.78. The number of hydrazine groups is 1. The van der Waals surface area contributed by atoms with E-state index in [1.165, 1.54) is 0 Å². The van der Waals surface area contributed by atoms with Gasteiger partial charge in [0.15, 0.2) is 7.14 Å². The summed E-state index contributed by atoms with van der Waals surface area (Å²) in [6.45, 7) is 0. The summed E-state index contributed by atoms with van der Waals surface area (Å²) in [5, 5.41) is 2.62. The molecule has 0 fully saturated rings. The third-order valence-corrected chi connectivity index (χ3v) is 6.44. The van der Waals surface area contributed by atoms with Crippen LogP contribution in [0.4, 0.5) is 0 Å². The zero-order valence-corrected chi connectivity index (χ0v) is 13.1. The van der Waals surface area contributed by atoms with Crippen LogP contribution in [0.25, 0.3) is 0 Å². The van der Waals surface area contributed by atoms with Gasteiger partial charge in [-0.05, 0) is 0 Å². The van der Waals surface area contributed by atoms with E-state index >= 15 is 0 Å². The SMILES string of the molecule is NN.O=P(c1ccccc1)(c1ccccc1)c1ccccc1. The topological polar surface area (TPSA) is 69.1 Å². The minimum atomic E-state index is -2.78. The van der Waals surface area contributed by atoms with Gasteiger partial charge in [-0.15, -0.1) is 0 Å². The van der Waals surface area contributed by atoms with Gasteiger partial charge in [0.2, 0.25) is 0 Å². The summed E-state index contributed by atoms with van der Waals surface area (Å²) < 4.78 is 13.8. The fraction of sp³-hybridized carbons (Fsp3) is 0. The standard InChI is InChI=1S/C18H15OP.H4N2/c19-20(16-10-4-1-5-11-16,17-12-6-2-7-13-17)18-14-8-3-9-15-18;1-2/h1-15H;1-2H2. The maximum absolute atomic E-state index is 13.8. The molecule has 0 aromatic heterocycles. The summed E-state index contributed by atoms with van der Waals surface area (Å²) in [6.07, 6.45) is 0. The van der Waals surface area contributed by atoms with Crippen molar-refractivity contribution in [1.29, 1.82) is 0 Å². The Bertz CT molecular complexity index is 627. The number of nitrogens with two attached hydrogens (primary N) is 2. The molecule has 4 heteroatoms. The molecule has 0 spiro atoms. The summed E-state index contributed by atoms with van der Waals surface area (Å²) in [6, 6.07) is 29.1. The van der Waals surface area contributed by atoms with E-state index in [1.54, 1.807) is 0 Å². The second-order valence-electron chi connectivity index (χ2n) is 4.62. The molecule has 22 heavy (non-hydrogen) atoms. The summed E-state index contributed by atoms with van der Waals surface area (Å²) in [5.41, 5.74) is 0. The molecular weight excluding hydrogens is 291 g/mol. The second-order valence-corrected chi connectivity index (χ2v) is 7.38. The van der Waals surface area contributed by atoms with Crippen LogP contribution in [0.5, 0.6) is 0 Å². The normalized spacial score (nSPS) is 10.5. The molecule has 3 aromatic carbocycles. The highest BCUT2D eigenvalue weighted by molar-refractivity contribution is 7.85. The van der Waals surface area contributed by atoms with Crippen molar-refractivity contribution in [1.82, 2.24) is 0 Å². The lowest BCUT2D eigenvalue weighted by atomic mass is 10.4. The van der Waals surface area contributed by atoms with Crippen LogP contribution in [0, 0.1) is 0 Å². The molecule has 0 aliphatic carbocycles. The highest BCUT2D eigenvalue weighted by atomic mass is 31.2. The molecular formula is C18H19N2OP. The number of benzene rings is 3. The zero-order chi connectivity index (χ0) is 15.8. The monoisotopic (exact) mass is 310 g/mol. The van der Waals surface area contributed by atoms with Crippen LogP contribution in [0.15, 0.2) is 91.0 Å². The number of rotatable bonds is 3. The first-order chi connectivity index (χ1) is 10.8. The molecule has 3 nitrogen and oxygen atoms in total. The highest BCUT2D eigenvalue weighted by Gasteiger charge is 2.28. The molecule has 0 radical (unpaired) electrons. The maximum Gasteiger partial charge on any atom is 0.171 e. The molecule has 112 valence electrons. The predicted octanol–water partition coefficient (Wildman–Crippen LogP) is 2.14. The van der Waals surface area contributed by atoms with Crippen molar-refractivity contribution in [2.24, 2.45) is 11.7 Å². The molecule has 0 saturated heterocycles. The van der Waals surface area contributed by atoms with E-state index in [1.807, 2.05) is 91.0 Å². The first-order valence-electron chi connectivity index (χ1n) is 6.92. The Morgan fingerprint density at radius 1 is 0.500 bits per heavy atom. The van der Waals surface area contributed by atoms with Gasteiger partial charge in [-0.3, -0.25) is 11.7 Å². The second kappa shape index (κ2) is 7.71. The van der Waals surface area contributed by atoms with Crippen LogP contribution in [0.1, 0.15) is 0 Å². The van der Waals surface area contributed by atoms with Crippen molar-refractivity contribution in [3.05, 3.63) is 91.0 Å². The van der Waals surface area contributed by atoms with Gasteiger partial charge in [-0.1, -0.05) is 91.0 Å². The first kappa shape index (κ1) is 16.2. The predicted molar refractivity (Wildman–Crippen MR) is 94.2 cm³/mol. The third-order valence-electron chi connectivity index (χ3n) is 3.36. The van der Waals surface area contributed by atoms with Gasteiger partial charge in [0.1, 0.15) is 0 Å². The quantitative estimate of drug-likeness (QED) is 0.442. The van der Waals surface area contributed by atoms with E-state index in [4.69, 9.17) is 0 Å². The molecule has 0 saturated carbocycles. The van der Waals surface area contributed by atoms with Gasteiger partial charge < -0.3 is 4.57 Å². The molecule has 0 heterocycles. The zero-order valence-electron chi connectivity index (χ0n) is 12.2. The van der Waals surface area contributed by atoms with Gasteiger partial charge in [0, 0.05) is 15.9 Å². The Morgan fingerprint density at radius 2 is 0.727 bits per heavy atom. The Labute approximate surface area is 130 Å². The van der Waals surface area contributed by atoms with Gasteiger partial charge in [-0.2, -0.15) is 0 Å². The largest absolute Gasteiger partial charge is 0.309 e. The Kier molecular flexibility index (Phi) is 5.68. The van der Waals surface area contributed by atoms with Crippen LogP contribution in [0.2, 0.25) is 0 Å². The van der Waals surface area contributed by atoms with Crippen molar-refractivity contribution >= 4 is 23.1 Å². The molecule has 3 rings (SSSR count). The summed E-state index contributed by atoms with van der Waals surface area (Å²) in [5.74, 6) is 8.00. The van der Waals surface area contributed by atoms with E-state index in [0.717, 1.165) is 15.9 Å². The van der Waals surface area contributed by atoms with Gasteiger partial charge >= 0.3 is 0 Å². The van der Waals surface area contributed by atoms with Crippen molar-refractivity contribution in [2.45, 2.75) is 0 Å². The van der Waals surface area contributed by atoms with Crippen molar-refractivity contribution in [3.63, 3.8) is 0 Å². The number of hydrogen-bond acceptors (Lipinski definition) is 3. The van der Waals surface area contributed by atoms with E-state index < -0.39 is 7.14 Å². The van der Waals surface area contributed by atoms with E-state index in [-0.39, 0.29) is 0 Å². The number of hydrogen-bond donors (Lipinski definition) is 2. The summed E-state index contributed by atoms with van der Waals surface area (Å²) in [4.78, 5) is 0. The van der Waals surface area contributed by atoms with Gasteiger partial charge in [-0.25, -0.2) is 0 Å². The Balaban J connectivity index is 0.000000847. The van der Waals surface area contributed by atoms with Crippen LogP contribution >= 0.6 is 7.14 Å². The maximum atomic E-state index is 13.8. The highest BCUT2D eigenvalue weighted by Crippen LogP contribution is 2.41. The third kappa shape index (κ3) is 3.18. The van der Waals surface area contributed by atoms with Gasteiger partial charge in [0.25, 0.3) is 0 Å². The Hall–Kier alpha value is -2.19. The lowest BCUT2D eigenvalue weighted by molar-refractivity contribution is 0.592. The minimum Gasteiger partial charge on any atom is -0.309 e. The van der Waals surface area contributed by atoms with Gasteiger partial charge in [0.05, 0.1) is 0 Å². The lowest BCUT2D eigenvalue weighted by Crippen LogP contribution is -2.24. The average Bonchev–Trinajstić information content (AvgIpc) is 2.65. The fourth-order valence-electron chi connectivity index (χ4n) is 2.36. The molecule has 3 aromatic rings. The molecule has 4 N–H and O–H groups in total. The molecule has 0 unspecified atom stereocenters. The van der Waals surface area contributed by atoms with E-state index in [9.17, 15) is 4.57 Å². The van der Waals surface area contributed by atoms with Crippen LogP contribution in [0.3, 0.4) is 0 Å². The van der Waals surface area contributed by atoms with Crippen LogP contribution < -0.4 is 27.6 Å². The van der Waals surface area contributed by atoms with Crippen LogP contribution in [-0.2, 0) is 4.57 Å². The van der Waals surface area contributed by atoms with Crippen molar-refractivity contribution in [3.8, 4) is 0 Å². The van der Waals surface area contributed by atoms with Crippen LogP contribution in [-0.4, -0.2) is 0 Å². The smallest absolute Gasteiger partial charge is 0.171 e. The molecule has 0 bridgehead atoms. The molecule has 0 amide bonds. The van der Waals surface area contributed by atoms with E-state index in [2.05, 4.69) is 11.7 Å². The lowest BCUT2D eigenvalue weighted by Gasteiger charge is -2.19. The van der Waals surface area contributed by atoms with E-state index in [0.29, 0.717) is 0 Å². The summed E-state index contributed by atoms with van der Waals surface area (Å²) >= 11 is 0. The Morgan fingerprint density at radius 3 is 0.955 bits per heavy atom. The fourth-order valence-corrected chi connectivity index (χ4v) is 5.03. The average molecular weight is 310 g/mol. The first-order valence-corrected chi connectivity index (χ1v) is 8.63. The molecule has 0 aliphatic heterocycles.